The van der Waals surface area contributed by atoms with Crippen molar-refractivity contribution in [1.82, 2.24) is 19.6 Å². The number of piperidine rings is 1. The highest BCUT2D eigenvalue weighted by molar-refractivity contribution is 5.75. The zero-order valence-corrected chi connectivity index (χ0v) is 14.8. The van der Waals surface area contributed by atoms with Crippen LogP contribution in [0.2, 0.25) is 0 Å². The van der Waals surface area contributed by atoms with Crippen LogP contribution in [-0.4, -0.2) is 39.8 Å². The molecule has 1 amide bonds. The molecule has 5 heteroatoms. The molecule has 1 fully saturated rings. The first-order chi connectivity index (χ1) is 11.7. The third kappa shape index (κ3) is 3.96. The van der Waals surface area contributed by atoms with Crippen LogP contribution in [0.25, 0.3) is 5.52 Å². The minimum Gasteiger partial charge on any atom is -0.356 e. The van der Waals surface area contributed by atoms with E-state index < -0.39 is 0 Å². The van der Waals surface area contributed by atoms with Gasteiger partial charge in [0.2, 0.25) is 5.91 Å². The van der Waals surface area contributed by atoms with Gasteiger partial charge in [-0.1, -0.05) is 13.0 Å². The van der Waals surface area contributed by atoms with E-state index in [9.17, 15) is 4.79 Å². The smallest absolute Gasteiger partial charge is 0.219 e. The first-order valence-electron chi connectivity index (χ1n) is 9.09. The van der Waals surface area contributed by atoms with Gasteiger partial charge in [0.25, 0.3) is 0 Å². The van der Waals surface area contributed by atoms with Gasteiger partial charge < -0.3 is 9.72 Å². The number of nitrogens with zero attached hydrogens (tertiary/aromatic N) is 3. The van der Waals surface area contributed by atoms with Crippen LogP contribution in [0.15, 0.2) is 24.4 Å². The Kier molecular flexibility index (Phi) is 5.51. The van der Waals surface area contributed by atoms with Crippen molar-refractivity contribution in [2.75, 3.05) is 19.6 Å². The van der Waals surface area contributed by atoms with E-state index in [1.54, 1.807) is 0 Å². The lowest BCUT2D eigenvalue weighted by molar-refractivity contribution is -0.121. The summed E-state index contributed by atoms with van der Waals surface area (Å²) < 4.78 is 2.15. The fourth-order valence-electron chi connectivity index (χ4n) is 3.63. The molecule has 0 saturated carbocycles. The molecule has 24 heavy (non-hydrogen) atoms. The summed E-state index contributed by atoms with van der Waals surface area (Å²) in [5, 5.41) is 3.09. The van der Waals surface area contributed by atoms with Gasteiger partial charge in [-0.2, -0.15) is 0 Å². The fourth-order valence-corrected chi connectivity index (χ4v) is 3.63. The number of fused-ring (bicyclic) bond motifs is 1. The van der Waals surface area contributed by atoms with E-state index in [-0.39, 0.29) is 5.91 Å². The van der Waals surface area contributed by atoms with Crippen LogP contribution in [0.1, 0.15) is 44.1 Å². The SMILES string of the molecule is CCCC(=O)NC[C@H]1CCCN(Cc2nc(C)n3ccccc23)C1. The Balaban J connectivity index is 1.59. The predicted octanol–water partition coefficient (Wildman–Crippen LogP) is 2.77. The highest BCUT2D eigenvalue weighted by Gasteiger charge is 2.22. The third-order valence-electron chi connectivity index (χ3n) is 4.84. The number of imidazole rings is 1. The van der Waals surface area contributed by atoms with Gasteiger partial charge in [0.1, 0.15) is 5.82 Å². The van der Waals surface area contributed by atoms with E-state index in [1.807, 2.05) is 13.0 Å². The second kappa shape index (κ2) is 7.79. The number of aryl methyl sites for hydroxylation is 1. The van der Waals surface area contributed by atoms with Crippen molar-refractivity contribution in [2.24, 2.45) is 5.92 Å². The second-order valence-electron chi connectivity index (χ2n) is 6.86. The lowest BCUT2D eigenvalue weighted by Gasteiger charge is -2.32. The van der Waals surface area contributed by atoms with E-state index >= 15 is 0 Å². The second-order valence-corrected chi connectivity index (χ2v) is 6.86. The Morgan fingerprint density at radius 1 is 1.42 bits per heavy atom. The molecule has 3 heterocycles. The van der Waals surface area contributed by atoms with Gasteiger partial charge in [-0.3, -0.25) is 9.69 Å². The van der Waals surface area contributed by atoms with Crippen LogP contribution in [0.3, 0.4) is 0 Å². The molecule has 0 aliphatic carbocycles. The summed E-state index contributed by atoms with van der Waals surface area (Å²) in [5.41, 5.74) is 2.36. The van der Waals surface area contributed by atoms with Gasteiger partial charge in [-0.15, -0.1) is 0 Å². The van der Waals surface area contributed by atoms with Crippen LogP contribution in [-0.2, 0) is 11.3 Å². The summed E-state index contributed by atoms with van der Waals surface area (Å²) in [6, 6.07) is 6.26. The highest BCUT2D eigenvalue weighted by Crippen LogP contribution is 2.20. The van der Waals surface area contributed by atoms with E-state index in [1.165, 1.54) is 18.4 Å². The maximum Gasteiger partial charge on any atom is 0.219 e. The van der Waals surface area contributed by atoms with Gasteiger partial charge in [0.05, 0.1) is 11.2 Å². The monoisotopic (exact) mass is 328 g/mol. The summed E-state index contributed by atoms with van der Waals surface area (Å²) in [6.45, 7) is 7.94. The van der Waals surface area contributed by atoms with Crippen molar-refractivity contribution in [3.05, 3.63) is 35.9 Å². The number of hydrogen-bond donors (Lipinski definition) is 1. The number of carbonyl (C=O) groups excluding carboxylic acids is 1. The fraction of sp³-hybridized carbons (Fsp3) is 0.579. The van der Waals surface area contributed by atoms with Crippen molar-refractivity contribution in [3.8, 4) is 0 Å². The maximum absolute atomic E-state index is 11.7. The molecular formula is C19H28N4O. The molecule has 130 valence electrons. The summed E-state index contributed by atoms with van der Waals surface area (Å²) in [6.07, 6.45) is 6.01. The quantitative estimate of drug-likeness (QED) is 0.887. The van der Waals surface area contributed by atoms with Crippen molar-refractivity contribution in [2.45, 2.75) is 46.1 Å². The lowest BCUT2D eigenvalue weighted by Crippen LogP contribution is -2.40. The molecule has 1 aliphatic rings. The van der Waals surface area contributed by atoms with Crippen LogP contribution in [0.5, 0.6) is 0 Å². The maximum atomic E-state index is 11.7. The van der Waals surface area contributed by atoms with Crippen LogP contribution < -0.4 is 5.32 Å². The number of aromatic nitrogens is 2. The number of pyridine rings is 1. The molecule has 0 bridgehead atoms. The summed E-state index contributed by atoms with van der Waals surface area (Å²) in [5.74, 6) is 1.78. The number of amides is 1. The van der Waals surface area contributed by atoms with Crippen molar-refractivity contribution in [3.63, 3.8) is 0 Å². The van der Waals surface area contributed by atoms with E-state index in [0.29, 0.717) is 12.3 Å². The van der Waals surface area contributed by atoms with Gasteiger partial charge in [0.15, 0.2) is 0 Å². The molecular weight excluding hydrogens is 300 g/mol. The largest absolute Gasteiger partial charge is 0.356 e. The first kappa shape index (κ1) is 17.0. The average molecular weight is 328 g/mol. The number of hydrogen-bond acceptors (Lipinski definition) is 3. The molecule has 3 rings (SSSR count). The Bertz CT molecular complexity index is 694. The minimum absolute atomic E-state index is 0.186. The normalized spacial score (nSPS) is 18.8. The van der Waals surface area contributed by atoms with E-state index in [2.05, 4.69) is 39.9 Å². The molecule has 5 nitrogen and oxygen atoms in total. The molecule has 2 aromatic rings. The zero-order chi connectivity index (χ0) is 16.9. The molecule has 0 radical (unpaired) electrons. The molecule has 1 saturated heterocycles. The van der Waals surface area contributed by atoms with Gasteiger partial charge >= 0.3 is 0 Å². The average Bonchev–Trinajstić information content (AvgIpc) is 2.90. The van der Waals surface area contributed by atoms with Crippen LogP contribution in [0, 0.1) is 12.8 Å². The number of carbonyl (C=O) groups is 1. The first-order valence-corrected chi connectivity index (χ1v) is 9.09. The van der Waals surface area contributed by atoms with Gasteiger partial charge in [-0.25, -0.2) is 4.98 Å². The minimum atomic E-state index is 0.186. The molecule has 1 N–H and O–H groups in total. The van der Waals surface area contributed by atoms with Gasteiger partial charge in [-0.05, 0) is 50.8 Å². The molecule has 0 aromatic carbocycles. The zero-order valence-electron chi connectivity index (χ0n) is 14.8. The van der Waals surface area contributed by atoms with Crippen molar-refractivity contribution in [1.29, 1.82) is 0 Å². The Labute approximate surface area is 144 Å². The number of rotatable bonds is 6. The lowest BCUT2D eigenvalue weighted by atomic mass is 9.97. The Morgan fingerprint density at radius 2 is 2.29 bits per heavy atom. The van der Waals surface area contributed by atoms with Crippen molar-refractivity contribution >= 4 is 11.4 Å². The molecule has 1 aliphatic heterocycles. The van der Waals surface area contributed by atoms with Crippen LogP contribution in [0.4, 0.5) is 0 Å². The third-order valence-corrected chi connectivity index (χ3v) is 4.84. The topological polar surface area (TPSA) is 49.6 Å². The highest BCUT2D eigenvalue weighted by atomic mass is 16.1. The summed E-state index contributed by atoms with van der Waals surface area (Å²) in [7, 11) is 0. The Morgan fingerprint density at radius 3 is 3.12 bits per heavy atom. The molecule has 0 unspecified atom stereocenters. The molecule has 2 aromatic heterocycles. The number of nitrogens with one attached hydrogen (secondary N) is 1. The number of likely N-dealkylation sites (tertiary alicyclic amines) is 1. The summed E-state index contributed by atoms with van der Waals surface area (Å²) in [4.78, 5) is 18.9. The summed E-state index contributed by atoms with van der Waals surface area (Å²) >= 11 is 0. The van der Waals surface area contributed by atoms with Gasteiger partial charge in [0, 0.05) is 32.3 Å². The van der Waals surface area contributed by atoms with Crippen LogP contribution >= 0.6 is 0 Å². The Hall–Kier alpha value is -1.88. The molecule has 1 atom stereocenters. The molecule has 0 spiro atoms. The standard InChI is InChI=1S/C19H28N4O/c1-3-7-19(24)20-12-16-8-6-10-22(13-16)14-17-18-9-4-5-11-23(18)15(2)21-17/h4-5,9,11,16H,3,6-8,10,12-14H2,1-2H3,(H,20,24)/t16-/m1/s1. The predicted molar refractivity (Wildman–Crippen MR) is 95.8 cm³/mol. The van der Waals surface area contributed by atoms with Crippen molar-refractivity contribution < 1.29 is 4.79 Å². The van der Waals surface area contributed by atoms with E-state index in [0.717, 1.165) is 44.1 Å². The van der Waals surface area contributed by atoms with E-state index in [4.69, 9.17) is 4.98 Å².